The highest BCUT2D eigenvalue weighted by molar-refractivity contribution is 5.62. The zero-order chi connectivity index (χ0) is 16.2. The minimum atomic E-state index is -0.250. The minimum absolute atomic E-state index is 0.250. The van der Waals surface area contributed by atoms with Crippen LogP contribution in [0.3, 0.4) is 0 Å². The number of aromatic nitrogens is 3. The quantitative estimate of drug-likeness (QED) is 0.788. The maximum atomic E-state index is 10.3. The number of aromatic hydroxyl groups is 1. The Morgan fingerprint density at radius 2 is 1.83 bits per heavy atom. The number of fused-ring (bicyclic) bond motifs is 1. The Kier molecular flexibility index (Phi) is 4.41. The molecular weight excluding hydrogens is 295 g/mol. The predicted octanol–water partition coefficient (Wildman–Crippen LogP) is 3.29. The molecule has 120 valence electrons. The molecule has 0 radical (unpaired) electrons. The van der Waals surface area contributed by atoms with E-state index in [1.165, 1.54) is 13.3 Å². The molecule has 6 heteroatoms. The number of imidazole rings is 1. The van der Waals surface area contributed by atoms with Gasteiger partial charge in [-0.15, -0.1) is 0 Å². The molecule has 23 heavy (non-hydrogen) atoms. The average molecular weight is 314 g/mol. The van der Waals surface area contributed by atoms with Gasteiger partial charge in [0.25, 0.3) is 0 Å². The molecule has 0 saturated carbocycles. The van der Waals surface area contributed by atoms with Gasteiger partial charge < -0.3 is 10.0 Å². The number of benzene rings is 1. The van der Waals surface area contributed by atoms with Gasteiger partial charge >= 0.3 is 0 Å². The van der Waals surface area contributed by atoms with E-state index in [1.807, 2.05) is 35.0 Å². The molecule has 0 atom stereocenters. The van der Waals surface area contributed by atoms with E-state index in [0.717, 1.165) is 30.2 Å². The third-order valence-electron chi connectivity index (χ3n) is 3.65. The number of alkyl halides is 1. The summed E-state index contributed by atoms with van der Waals surface area (Å²) in [5.74, 6) is 1.96. The zero-order valence-corrected chi connectivity index (χ0v) is 13.0. The summed E-state index contributed by atoms with van der Waals surface area (Å²) in [5.41, 5.74) is 1.83. The molecule has 1 aliphatic heterocycles. The van der Waals surface area contributed by atoms with E-state index in [1.54, 1.807) is 12.1 Å². The van der Waals surface area contributed by atoms with Crippen molar-refractivity contribution >= 4 is 11.6 Å². The summed E-state index contributed by atoms with van der Waals surface area (Å²) in [4.78, 5) is 11.4. The van der Waals surface area contributed by atoms with Crippen LogP contribution in [0.15, 0.2) is 42.7 Å². The number of anilines is 1. The van der Waals surface area contributed by atoms with Crippen LogP contribution in [0.1, 0.15) is 13.3 Å². The summed E-state index contributed by atoms with van der Waals surface area (Å²) in [7, 11) is 0. The van der Waals surface area contributed by atoms with Gasteiger partial charge in [0.2, 0.25) is 5.78 Å². The van der Waals surface area contributed by atoms with E-state index in [2.05, 4.69) is 14.9 Å². The first kappa shape index (κ1) is 15.3. The molecule has 4 rings (SSSR count). The summed E-state index contributed by atoms with van der Waals surface area (Å²) in [6.45, 7) is 3.36. The topological polar surface area (TPSA) is 53.7 Å². The van der Waals surface area contributed by atoms with Crippen molar-refractivity contribution in [2.75, 3.05) is 24.7 Å². The minimum Gasteiger partial charge on any atom is -0.508 e. The van der Waals surface area contributed by atoms with Gasteiger partial charge in [-0.2, -0.15) is 4.98 Å². The molecule has 5 nitrogen and oxygen atoms in total. The molecule has 1 aliphatic rings. The lowest BCUT2D eigenvalue weighted by molar-refractivity contribution is 0.475. The molecule has 3 aromatic rings. The first-order valence-corrected chi connectivity index (χ1v) is 7.67. The summed E-state index contributed by atoms with van der Waals surface area (Å²) < 4.78 is 12.2. The van der Waals surface area contributed by atoms with Crippen LogP contribution in [-0.2, 0) is 0 Å². The molecule has 1 saturated heterocycles. The van der Waals surface area contributed by atoms with Crippen molar-refractivity contribution in [2.45, 2.75) is 13.3 Å². The number of hydrogen-bond donors (Lipinski definition) is 1. The van der Waals surface area contributed by atoms with Crippen molar-refractivity contribution in [3.05, 3.63) is 42.7 Å². The smallest absolute Gasteiger partial charge is 0.236 e. The van der Waals surface area contributed by atoms with Gasteiger partial charge in [-0.25, -0.2) is 4.98 Å². The van der Waals surface area contributed by atoms with E-state index in [-0.39, 0.29) is 12.4 Å². The van der Waals surface area contributed by atoms with Gasteiger partial charge in [-0.05, 0) is 43.7 Å². The fourth-order valence-electron chi connectivity index (χ4n) is 2.36. The van der Waals surface area contributed by atoms with Crippen LogP contribution in [0.5, 0.6) is 5.75 Å². The Morgan fingerprint density at radius 1 is 1.13 bits per heavy atom. The number of phenols is 1. The van der Waals surface area contributed by atoms with E-state index < -0.39 is 0 Å². The van der Waals surface area contributed by atoms with Gasteiger partial charge in [0.15, 0.2) is 0 Å². The van der Waals surface area contributed by atoms with Gasteiger partial charge in [-0.3, -0.25) is 8.79 Å². The van der Waals surface area contributed by atoms with E-state index >= 15 is 0 Å². The number of halogens is 1. The van der Waals surface area contributed by atoms with Crippen molar-refractivity contribution in [3.8, 4) is 17.0 Å². The molecule has 1 N–H and O–H groups in total. The fraction of sp³-hybridized carbons (Fsp3) is 0.294. The third kappa shape index (κ3) is 3.26. The first-order valence-electron chi connectivity index (χ1n) is 7.67. The van der Waals surface area contributed by atoms with Crippen LogP contribution in [0.4, 0.5) is 10.2 Å². The lowest BCUT2D eigenvalue weighted by atomic mass is 10.2. The van der Waals surface area contributed by atoms with Crippen molar-refractivity contribution in [1.29, 1.82) is 0 Å². The molecule has 3 heterocycles. The first-order chi connectivity index (χ1) is 11.2. The fourth-order valence-corrected chi connectivity index (χ4v) is 2.36. The van der Waals surface area contributed by atoms with E-state index in [4.69, 9.17) is 0 Å². The number of phenolic OH excluding ortho intramolecular Hbond substituents is 1. The highest BCUT2D eigenvalue weighted by Crippen LogP contribution is 2.23. The van der Waals surface area contributed by atoms with Gasteiger partial charge in [-0.1, -0.05) is 0 Å². The highest BCUT2D eigenvalue weighted by Gasteiger charge is 2.16. The zero-order valence-electron chi connectivity index (χ0n) is 13.0. The third-order valence-corrected chi connectivity index (χ3v) is 3.65. The Bertz CT molecular complexity index is 781. The highest BCUT2D eigenvalue weighted by atomic mass is 19.1. The van der Waals surface area contributed by atoms with Crippen molar-refractivity contribution < 1.29 is 9.50 Å². The van der Waals surface area contributed by atoms with E-state index in [0.29, 0.717) is 5.78 Å². The predicted molar refractivity (Wildman–Crippen MR) is 88.6 cm³/mol. The molecule has 0 amide bonds. The second kappa shape index (κ2) is 6.64. The monoisotopic (exact) mass is 314 g/mol. The van der Waals surface area contributed by atoms with Crippen molar-refractivity contribution in [3.63, 3.8) is 0 Å². The number of nitrogens with zero attached hydrogens (tertiary/aromatic N) is 4. The molecular formula is C17H19FN4O. The van der Waals surface area contributed by atoms with Crippen LogP contribution < -0.4 is 4.90 Å². The summed E-state index contributed by atoms with van der Waals surface area (Å²) >= 11 is 0. The van der Waals surface area contributed by atoms with Crippen LogP contribution in [0.25, 0.3) is 17.0 Å². The Balaban J connectivity index is 0.000000485. The summed E-state index contributed by atoms with van der Waals surface area (Å²) in [6, 6.07) is 9.06. The summed E-state index contributed by atoms with van der Waals surface area (Å²) in [5, 5.41) is 9.33. The second-order valence-electron chi connectivity index (χ2n) is 5.27. The van der Waals surface area contributed by atoms with Crippen LogP contribution in [0.2, 0.25) is 0 Å². The molecule has 0 spiro atoms. The SMILES string of the molecule is CCF.Oc1ccc(-c2cn3ccc(N4CCC4)nc3n2)cc1. The number of rotatable bonds is 2. The van der Waals surface area contributed by atoms with Gasteiger partial charge in [0.05, 0.1) is 12.4 Å². The lowest BCUT2D eigenvalue weighted by Crippen LogP contribution is -2.37. The molecule has 1 fully saturated rings. The number of hydrogen-bond acceptors (Lipinski definition) is 4. The lowest BCUT2D eigenvalue weighted by Gasteiger charge is -2.31. The van der Waals surface area contributed by atoms with Crippen LogP contribution in [0, 0.1) is 0 Å². The molecule has 0 aliphatic carbocycles. The van der Waals surface area contributed by atoms with Gasteiger partial charge in [0.1, 0.15) is 11.6 Å². The molecule has 0 bridgehead atoms. The Labute approximate surface area is 134 Å². The van der Waals surface area contributed by atoms with Crippen LogP contribution in [-0.4, -0.2) is 39.2 Å². The average Bonchev–Trinajstić information content (AvgIpc) is 2.90. The maximum Gasteiger partial charge on any atom is 0.236 e. The standard InChI is InChI=1S/C15H14N4O.C2H5F/c20-12-4-2-11(3-5-12)13-10-19-9-6-14(17-15(19)16-13)18-7-1-8-18;1-2-3/h2-6,9-10,20H,1,7-8H2;2H2,1H3. The molecule has 1 aromatic carbocycles. The van der Waals surface area contributed by atoms with Crippen molar-refractivity contribution in [1.82, 2.24) is 14.4 Å². The van der Waals surface area contributed by atoms with Crippen molar-refractivity contribution in [2.24, 2.45) is 0 Å². The molecule has 0 unspecified atom stereocenters. The Morgan fingerprint density at radius 3 is 2.43 bits per heavy atom. The molecule has 2 aromatic heterocycles. The van der Waals surface area contributed by atoms with Crippen LogP contribution >= 0.6 is 0 Å². The largest absolute Gasteiger partial charge is 0.508 e. The normalized spacial score (nSPS) is 13.4. The van der Waals surface area contributed by atoms with E-state index in [9.17, 15) is 9.50 Å². The summed E-state index contributed by atoms with van der Waals surface area (Å²) in [6.07, 6.45) is 5.18. The Hall–Kier alpha value is -2.63. The maximum absolute atomic E-state index is 10.3. The second-order valence-corrected chi connectivity index (χ2v) is 5.27. The van der Waals surface area contributed by atoms with Gasteiger partial charge in [0, 0.05) is 31.0 Å².